The average molecular weight is 524 g/mol. The first-order valence-electron chi connectivity index (χ1n) is 10.6. The number of hydrogen-bond donors (Lipinski definition) is 1. The maximum Gasteiger partial charge on any atom is 0.242 e. The number of guanidine groups is 1. The van der Waals surface area contributed by atoms with E-state index in [0.717, 1.165) is 44.7 Å². The molecule has 9 heteroatoms. The second-order valence-corrected chi connectivity index (χ2v) is 10.9. The van der Waals surface area contributed by atoms with Gasteiger partial charge in [-0.25, -0.2) is 8.42 Å². The maximum absolute atomic E-state index is 12.6. The van der Waals surface area contributed by atoms with Crippen LogP contribution in [0.5, 0.6) is 0 Å². The Hall–Kier alpha value is -0.580. The Morgan fingerprint density at radius 2 is 1.82 bits per heavy atom. The van der Waals surface area contributed by atoms with E-state index in [0.29, 0.717) is 31.6 Å². The fourth-order valence-electron chi connectivity index (χ4n) is 4.54. The third-order valence-corrected chi connectivity index (χ3v) is 8.15. The molecule has 0 aromatic carbocycles. The Morgan fingerprint density at radius 1 is 1.07 bits per heavy atom. The number of carbonyl (C=O) groups is 1. The van der Waals surface area contributed by atoms with Gasteiger partial charge in [0.1, 0.15) is 0 Å². The van der Waals surface area contributed by atoms with Crippen LogP contribution in [-0.4, -0.2) is 79.9 Å². The molecule has 2 saturated heterocycles. The van der Waals surface area contributed by atoms with Gasteiger partial charge in [0.05, 0.1) is 18.1 Å². The minimum absolute atomic E-state index is 0. The third-order valence-electron chi connectivity index (χ3n) is 6.31. The molecule has 0 bridgehead atoms. The highest BCUT2D eigenvalue weighted by atomic mass is 127. The first kappa shape index (κ1) is 22.1. The van der Waals surface area contributed by atoms with Crippen LogP contribution in [0.4, 0.5) is 0 Å². The van der Waals surface area contributed by atoms with E-state index in [4.69, 9.17) is 4.99 Å². The van der Waals surface area contributed by atoms with Crippen LogP contribution in [0.25, 0.3) is 0 Å². The van der Waals surface area contributed by atoms with Gasteiger partial charge >= 0.3 is 0 Å². The molecule has 4 aliphatic rings. The van der Waals surface area contributed by atoms with Crippen molar-refractivity contribution in [3.63, 3.8) is 0 Å². The smallest absolute Gasteiger partial charge is 0.242 e. The molecule has 2 aliphatic heterocycles. The van der Waals surface area contributed by atoms with Crippen LogP contribution >= 0.6 is 24.0 Å². The van der Waals surface area contributed by atoms with Crippen LogP contribution in [0.2, 0.25) is 0 Å². The molecule has 1 unspecified atom stereocenters. The zero-order chi connectivity index (χ0) is 18.9. The predicted octanol–water partition coefficient (Wildman–Crippen LogP) is 1.62. The number of carbonyl (C=O) groups excluding carboxylic acids is 1. The van der Waals surface area contributed by atoms with Crippen molar-refractivity contribution in [2.45, 2.75) is 63.5 Å². The summed E-state index contributed by atoms with van der Waals surface area (Å²) in [5, 5.41) is 3.61. The lowest BCUT2D eigenvalue weighted by molar-refractivity contribution is -0.135. The van der Waals surface area contributed by atoms with Crippen molar-refractivity contribution in [3.8, 4) is 0 Å². The van der Waals surface area contributed by atoms with Crippen molar-refractivity contribution < 1.29 is 13.2 Å². The van der Waals surface area contributed by atoms with Crippen molar-refractivity contribution in [1.82, 2.24) is 15.1 Å². The van der Waals surface area contributed by atoms with E-state index < -0.39 is 9.84 Å². The summed E-state index contributed by atoms with van der Waals surface area (Å²) in [4.78, 5) is 21.5. The number of nitrogens with one attached hydrogen (secondary N) is 1. The number of sulfone groups is 1. The molecule has 4 fully saturated rings. The van der Waals surface area contributed by atoms with Crippen molar-refractivity contribution in [2.75, 3.05) is 37.7 Å². The highest BCUT2D eigenvalue weighted by Gasteiger charge is 2.37. The van der Waals surface area contributed by atoms with Crippen LogP contribution in [0.15, 0.2) is 4.99 Å². The predicted molar refractivity (Wildman–Crippen MR) is 121 cm³/mol. The molecule has 2 saturated carbocycles. The number of hydrogen-bond acceptors (Lipinski definition) is 4. The first-order valence-corrected chi connectivity index (χ1v) is 12.4. The molecule has 2 heterocycles. The van der Waals surface area contributed by atoms with Gasteiger partial charge in [-0.3, -0.25) is 9.79 Å². The van der Waals surface area contributed by atoms with E-state index >= 15 is 0 Å². The molecule has 160 valence electrons. The van der Waals surface area contributed by atoms with Gasteiger partial charge in [-0.2, -0.15) is 0 Å². The first-order chi connectivity index (χ1) is 13.0. The molecule has 0 aromatic rings. The minimum Gasteiger partial charge on any atom is -0.353 e. The van der Waals surface area contributed by atoms with Crippen LogP contribution in [0.1, 0.15) is 51.4 Å². The molecule has 1 atom stereocenters. The van der Waals surface area contributed by atoms with Crippen LogP contribution in [-0.2, 0) is 14.6 Å². The summed E-state index contributed by atoms with van der Waals surface area (Å²) < 4.78 is 23.5. The van der Waals surface area contributed by atoms with Gasteiger partial charge in [0.25, 0.3) is 0 Å². The van der Waals surface area contributed by atoms with E-state index in [2.05, 4.69) is 10.2 Å². The zero-order valence-corrected chi connectivity index (χ0v) is 19.7. The minimum atomic E-state index is -2.88. The summed E-state index contributed by atoms with van der Waals surface area (Å²) in [7, 11) is -2.88. The molecule has 0 aromatic heterocycles. The molecule has 4 rings (SSSR count). The molecule has 1 N–H and O–H groups in total. The summed E-state index contributed by atoms with van der Waals surface area (Å²) >= 11 is 0. The van der Waals surface area contributed by atoms with E-state index in [9.17, 15) is 13.2 Å². The van der Waals surface area contributed by atoms with Crippen molar-refractivity contribution >= 4 is 45.7 Å². The highest BCUT2D eigenvalue weighted by Crippen LogP contribution is 2.28. The molecule has 2 aliphatic carbocycles. The largest absolute Gasteiger partial charge is 0.353 e. The quantitative estimate of drug-likeness (QED) is 0.344. The fraction of sp³-hybridized carbons (Fsp3) is 0.895. The van der Waals surface area contributed by atoms with Crippen molar-refractivity contribution in [2.24, 2.45) is 10.9 Å². The molecule has 28 heavy (non-hydrogen) atoms. The van der Waals surface area contributed by atoms with Gasteiger partial charge in [0, 0.05) is 31.7 Å². The van der Waals surface area contributed by atoms with E-state index in [1.807, 2.05) is 4.90 Å². The highest BCUT2D eigenvalue weighted by molar-refractivity contribution is 14.0. The Kier molecular flexibility index (Phi) is 7.49. The third kappa shape index (κ3) is 5.73. The summed E-state index contributed by atoms with van der Waals surface area (Å²) in [6, 6.07) is 0.886. The van der Waals surface area contributed by atoms with Gasteiger partial charge < -0.3 is 15.1 Å². The van der Waals surface area contributed by atoms with Crippen LogP contribution in [0, 0.1) is 5.92 Å². The topological polar surface area (TPSA) is 82.1 Å². The Balaban J connectivity index is 0.00000225. The second kappa shape index (κ2) is 9.49. The number of aliphatic imine (C=N–C) groups is 1. The van der Waals surface area contributed by atoms with Crippen molar-refractivity contribution in [3.05, 3.63) is 0 Å². The SMILES string of the molecule is I.O=C1CN(C(=NCC2CCS(=O)(=O)C2)NC2CCCCC2)CCN1C1CC1. The lowest BCUT2D eigenvalue weighted by Crippen LogP contribution is -2.57. The summed E-state index contributed by atoms with van der Waals surface area (Å²) in [5.74, 6) is 1.67. The molecule has 7 nitrogen and oxygen atoms in total. The summed E-state index contributed by atoms with van der Waals surface area (Å²) in [5.41, 5.74) is 0. The maximum atomic E-state index is 12.6. The standard InChI is InChI=1S/C19H32N4O3S.HI/c24-18-13-22(9-10-23(18)17-6-7-17)19(21-16-4-2-1-3-5-16)20-12-15-8-11-27(25,26)14-15;/h15-17H,1-14H2,(H,20,21);1H. The molecular weight excluding hydrogens is 491 g/mol. The molecule has 1 amide bonds. The Bertz CT molecular complexity index is 689. The molecule has 0 spiro atoms. The second-order valence-electron chi connectivity index (χ2n) is 8.65. The normalized spacial score (nSPS) is 28.9. The van der Waals surface area contributed by atoms with E-state index in [1.54, 1.807) is 0 Å². The number of piperazine rings is 1. The number of halogens is 1. The number of rotatable bonds is 4. The Morgan fingerprint density at radius 3 is 2.43 bits per heavy atom. The average Bonchev–Trinajstić information content (AvgIpc) is 3.42. The van der Waals surface area contributed by atoms with Gasteiger partial charge in [-0.1, -0.05) is 19.3 Å². The monoisotopic (exact) mass is 524 g/mol. The van der Waals surface area contributed by atoms with Gasteiger partial charge in [-0.05, 0) is 38.0 Å². The summed E-state index contributed by atoms with van der Waals surface area (Å²) in [6.07, 6.45) is 9.05. The fourth-order valence-corrected chi connectivity index (χ4v) is 6.39. The lowest BCUT2D eigenvalue weighted by atomic mass is 9.96. The zero-order valence-electron chi connectivity index (χ0n) is 16.5. The Labute approximate surface area is 185 Å². The van der Waals surface area contributed by atoms with E-state index in [-0.39, 0.29) is 47.3 Å². The molecular formula is C19H33IN4O3S. The van der Waals surface area contributed by atoms with Crippen LogP contribution in [0.3, 0.4) is 0 Å². The number of nitrogens with zero attached hydrogens (tertiary/aromatic N) is 3. The van der Waals surface area contributed by atoms with E-state index in [1.165, 1.54) is 19.3 Å². The lowest BCUT2D eigenvalue weighted by Gasteiger charge is -2.38. The van der Waals surface area contributed by atoms with Gasteiger partial charge in [0.2, 0.25) is 5.91 Å². The summed E-state index contributed by atoms with van der Waals surface area (Å²) in [6.45, 7) is 2.50. The van der Waals surface area contributed by atoms with Crippen molar-refractivity contribution in [1.29, 1.82) is 0 Å². The van der Waals surface area contributed by atoms with Gasteiger partial charge in [0.15, 0.2) is 15.8 Å². The van der Waals surface area contributed by atoms with Crippen LogP contribution < -0.4 is 5.32 Å². The van der Waals surface area contributed by atoms with Gasteiger partial charge in [-0.15, -0.1) is 24.0 Å². The number of amides is 1. The molecule has 0 radical (unpaired) electrons.